The lowest BCUT2D eigenvalue weighted by Gasteiger charge is -2.04. The number of rotatable bonds is 10. The summed E-state index contributed by atoms with van der Waals surface area (Å²) in [5, 5.41) is 8.42. The molecule has 0 unspecified atom stereocenters. The first kappa shape index (κ1) is 18.1. The Bertz CT molecular complexity index is 676. The van der Waals surface area contributed by atoms with Gasteiger partial charge in [0.2, 0.25) is 0 Å². The van der Waals surface area contributed by atoms with Crippen molar-refractivity contribution in [1.29, 1.82) is 0 Å². The van der Waals surface area contributed by atoms with Crippen molar-refractivity contribution >= 4 is 34.9 Å². The largest absolute Gasteiger partial charge is 0.493 e. The Morgan fingerprint density at radius 1 is 0.680 bits per heavy atom. The molecule has 2 aromatic carbocycles. The van der Waals surface area contributed by atoms with Crippen LogP contribution in [0.25, 0.3) is 0 Å². The average molecular weight is 391 g/mol. The standard InChI is InChI=1S/C18H18N2O2S3/c1-3-7-15(8-4-1)21-11-13-23-17-19-20-18(25-17)24-14-12-22-16-9-5-2-6-10-16/h1-10H,11-14H2. The highest BCUT2D eigenvalue weighted by Crippen LogP contribution is 2.28. The van der Waals surface area contributed by atoms with Gasteiger partial charge in [-0.2, -0.15) is 0 Å². The number of aromatic nitrogens is 2. The molecule has 3 rings (SSSR count). The summed E-state index contributed by atoms with van der Waals surface area (Å²) in [4.78, 5) is 0. The van der Waals surface area contributed by atoms with E-state index in [9.17, 15) is 0 Å². The zero-order valence-corrected chi connectivity index (χ0v) is 16.0. The summed E-state index contributed by atoms with van der Waals surface area (Å²) in [6.07, 6.45) is 0. The number of para-hydroxylation sites is 2. The second-order valence-electron chi connectivity index (χ2n) is 4.85. The summed E-state index contributed by atoms with van der Waals surface area (Å²) in [6, 6.07) is 19.7. The minimum Gasteiger partial charge on any atom is -0.493 e. The highest BCUT2D eigenvalue weighted by Gasteiger charge is 2.06. The normalized spacial score (nSPS) is 10.6. The molecule has 0 spiro atoms. The molecule has 0 radical (unpaired) electrons. The Labute approximate surface area is 160 Å². The number of thioether (sulfide) groups is 2. The molecule has 4 nitrogen and oxygen atoms in total. The van der Waals surface area contributed by atoms with Gasteiger partial charge in [-0.15, -0.1) is 10.2 Å². The highest BCUT2D eigenvalue weighted by atomic mass is 32.2. The van der Waals surface area contributed by atoms with Crippen LogP contribution in [0, 0.1) is 0 Å². The molecule has 0 bridgehead atoms. The molecule has 0 saturated heterocycles. The summed E-state index contributed by atoms with van der Waals surface area (Å²) >= 11 is 4.96. The van der Waals surface area contributed by atoms with Crippen molar-refractivity contribution in [2.75, 3.05) is 24.7 Å². The van der Waals surface area contributed by atoms with Gasteiger partial charge in [0, 0.05) is 11.5 Å². The number of hydrogen-bond donors (Lipinski definition) is 0. The van der Waals surface area contributed by atoms with E-state index in [0.29, 0.717) is 13.2 Å². The van der Waals surface area contributed by atoms with E-state index in [-0.39, 0.29) is 0 Å². The second kappa shape index (κ2) is 10.3. The Hall–Kier alpha value is -1.70. The van der Waals surface area contributed by atoms with Crippen LogP contribution in [0.5, 0.6) is 11.5 Å². The van der Waals surface area contributed by atoms with Crippen molar-refractivity contribution in [3.63, 3.8) is 0 Å². The maximum atomic E-state index is 5.67. The van der Waals surface area contributed by atoms with Crippen molar-refractivity contribution in [3.05, 3.63) is 60.7 Å². The first-order chi connectivity index (χ1) is 12.4. The van der Waals surface area contributed by atoms with Crippen LogP contribution in [0.2, 0.25) is 0 Å². The molecule has 0 aliphatic rings. The van der Waals surface area contributed by atoms with Gasteiger partial charge < -0.3 is 9.47 Å². The lowest BCUT2D eigenvalue weighted by Crippen LogP contribution is -1.99. The molecule has 1 aromatic heterocycles. The van der Waals surface area contributed by atoms with Crippen LogP contribution in [0.4, 0.5) is 0 Å². The van der Waals surface area contributed by atoms with Crippen LogP contribution in [0.3, 0.4) is 0 Å². The fraction of sp³-hybridized carbons (Fsp3) is 0.222. The van der Waals surface area contributed by atoms with E-state index in [1.807, 2.05) is 60.7 Å². The number of benzene rings is 2. The molecule has 3 aromatic rings. The summed E-state index contributed by atoms with van der Waals surface area (Å²) in [6.45, 7) is 1.31. The molecule has 1 heterocycles. The number of hydrogen-bond acceptors (Lipinski definition) is 7. The van der Waals surface area contributed by atoms with Crippen LogP contribution in [0.15, 0.2) is 69.3 Å². The smallest absolute Gasteiger partial charge is 0.175 e. The second-order valence-corrected chi connectivity index (χ2v) is 8.52. The van der Waals surface area contributed by atoms with Gasteiger partial charge >= 0.3 is 0 Å². The SMILES string of the molecule is c1ccc(OCCSc2nnc(SCCOc3ccccc3)s2)cc1. The average Bonchev–Trinajstić information content (AvgIpc) is 3.12. The first-order valence-corrected chi connectivity index (χ1v) is 10.6. The minimum atomic E-state index is 0.654. The molecule has 130 valence electrons. The van der Waals surface area contributed by atoms with E-state index in [0.717, 1.165) is 31.7 Å². The van der Waals surface area contributed by atoms with E-state index >= 15 is 0 Å². The Balaban J connectivity index is 1.30. The fourth-order valence-corrected chi connectivity index (χ4v) is 4.72. The lowest BCUT2D eigenvalue weighted by molar-refractivity contribution is 0.344. The van der Waals surface area contributed by atoms with Crippen molar-refractivity contribution in [1.82, 2.24) is 10.2 Å². The van der Waals surface area contributed by atoms with Crippen molar-refractivity contribution < 1.29 is 9.47 Å². The van der Waals surface area contributed by atoms with Gasteiger partial charge in [-0.25, -0.2) is 0 Å². The molecule has 25 heavy (non-hydrogen) atoms. The predicted octanol–water partition coefficient (Wildman–Crippen LogP) is 4.88. The molecule has 0 N–H and O–H groups in total. The number of nitrogens with zero attached hydrogens (tertiary/aromatic N) is 2. The summed E-state index contributed by atoms with van der Waals surface area (Å²) < 4.78 is 13.3. The van der Waals surface area contributed by atoms with Crippen LogP contribution >= 0.6 is 34.9 Å². The molecular formula is C18H18N2O2S3. The van der Waals surface area contributed by atoms with E-state index < -0.39 is 0 Å². The Morgan fingerprint density at radius 2 is 1.12 bits per heavy atom. The third-order valence-electron chi connectivity index (χ3n) is 3.03. The molecule has 0 aliphatic carbocycles. The van der Waals surface area contributed by atoms with Gasteiger partial charge in [-0.1, -0.05) is 71.3 Å². The van der Waals surface area contributed by atoms with Gasteiger partial charge in [0.1, 0.15) is 11.5 Å². The van der Waals surface area contributed by atoms with E-state index in [4.69, 9.17) is 9.47 Å². The Morgan fingerprint density at radius 3 is 1.56 bits per heavy atom. The first-order valence-electron chi connectivity index (χ1n) is 7.85. The molecule has 7 heteroatoms. The molecule has 0 saturated carbocycles. The van der Waals surface area contributed by atoms with E-state index in [2.05, 4.69) is 10.2 Å². The van der Waals surface area contributed by atoms with E-state index in [1.165, 1.54) is 0 Å². The monoisotopic (exact) mass is 390 g/mol. The molecule has 0 aliphatic heterocycles. The third kappa shape index (κ3) is 6.61. The van der Waals surface area contributed by atoms with Gasteiger partial charge in [0.05, 0.1) is 13.2 Å². The fourth-order valence-electron chi connectivity index (χ4n) is 1.92. The van der Waals surface area contributed by atoms with Gasteiger partial charge in [0.15, 0.2) is 8.68 Å². The van der Waals surface area contributed by atoms with Crippen LogP contribution in [-0.4, -0.2) is 34.9 Å². The predicted molar refractivity (Wildman–Crippen MR) is 105 cm³/mol. The molecule has 0 fully saturated rings. The van der Waals surface area contributed by atoms with Crippen LogP contribution in [0.1, 0.15) is 0 Å². The van der Waals surface area contributed by atoms with Gasteiger partial charge in [-0.05, 0) is 24.3 Å². The molecule has 0 amide bonds. The maximum absolute atomic E-state index is 5.67. The number of ether oxygens (including phenoxy) is 2. The van der Waals surface area contributed by atoms with Crippen LogP contribution in [-0.2, 0) is 0 Å². The van der Waals surface area contributed by atoms with E-state index in [1.54, 1.807) is 34.9 Å². The zero-order chi connectivity index (χ0) is 17.2. The van der Waals surface area contributed by atoms with Crippen molar-refractivity contribution in [3.8, 4) is 11.5 Å². The highest BCUT2D eigenvalue weighted by molar-refractivity contribution is 8.03. The topological polar surface area (TPSA) is 44.2 Å². The zero-order valence-electron chi connectivity index (χ0n) is 13.5. The quantitative estimate of drug-likeness (QED) is 0.363. The van der Waals surface area contributed by atoms with Gasteiger partial charge in [-0.3, -0.25) is 0 Å². The molecular weight excluding hydrogens is 372 g/mol. The molecule has 0 atom stereocenters. The van der Waals surface area contributed by atoms with Crippen molar-refractivity contribution in [2.24, 2.45) is 0 Å². The van der Waals surface area contributed by atoms with Crippen LogP contribution < -0.4 is 9.47 Å². The maximum Gasteiger partial charge on any atom is 0.175 e. The van der Waals surface area contributed by atoms with Crippen molar-refractivity contribution in [2.45, 2.75) is 8.68 Å². The third-order valence-corrected chi connectivity index (χ3v) is 6.15. The summed E-state index contributed by atoms with van der Waals surface area (Å²) in [7, 11) is 0. The minimum absolute atomic E-state index is 0.654. The summed E-state index contributed by atoms with van der Waals surface area (Å²) in [5.74, 6) is 3.50. The Kier molecular flexibility index (Phi) is 7.48. The summed E-state index contributed by atoms with van der Waals surface area (Å²) in [5.41, 5.74) is 0. The lowest BCUT2D eigenvalue weighted by atomic mass is 10.3. The van der Waals surface area contributed by atoms with Gasteiger partial charge in [0.25, 0.3) is 0 Å².